The number of benzene rings is 2. The van der Waals surface area contributed by atoms with Crippen LogP contribution in [0.4, 0.5) is 10.1 Å². The van der Waals surface area contributed by atoms with Gasteiger partial charge in [-0.3, -0.25) is 19.1 Å². The number of hydrogen-bond acceptors (Lipinski definition) is 7. The third-order valence-electron chi connectivity index (χ3n) is 3.89. The number of hydrogen-bond donors (Lipinski definition) is 1. The van der Waals surface area contributed by atoms with Crippen LogP contribution in [0.5, 0.6) is 0 Å². The highest BCUT2D eigenvalue weighted by atomic mass is 32.2. The number of rotatable bonds is 8. The topological polar surface area (TPSA) is 119 Å². The number of carbonyl (C=O) groups excluding carboxylic acids is 3. The third kappa shape index (κ3) is 5.77. The summed E-state index contributed by atoms with van der Waals surface area (Å²) in [6, 6.07) is 10.1. The summed E-state index contributed by atoms with van der Waals surface area (Å²) in [6.45, 7) is -1.09. The Bertz CT molecular complexity index is 1040. The summed E-state index contributed by atoms with van der Waals surface area (Å²) in [5.41, 5.74) is -0.369. The Morgan fingerprint density at radius 3 is 2.13 bits per heavy atom. The van der Waals surface area contributed by atoms with Gasteiger partial charge >= 0.3 is 11.9 Å². The van der Waals surface area contributed by atoms with Gasteiger partial charge in [-0.1, -0.05) is 18.2 Å². The maximum atomic E-state index is 13.8. The Morgan fingerprint density at radius 2 is 1.57 bits per heavy atom. The van der Waals surface area contributed by atoms with Crippen LogP contribution >= 0.6 is 0 Å². The Hall–Kier alpha value is -3.47. The van der Waals surface area contributed by atoms with Crippen molar-refractivity contribution in [1.29, 1.82) is 0 Å². The van der Waals surface area contributed by atoms with Gasteiger partial charge in [-0.15, -0.1) is 0 Å². The summed E-state index contributed by atoms with van der Waals surface area (Å²) in [7, 11) is -1.99. The zero-order valence-electron chi connectivity index (χ0n) is 16.1. The lowest BCUT2D eigenvalue weighted by molar-refractivity contribution is -0.144. The maximum Gasteiger partial charge on any atom is 0.325 e. The summed E-state index contributed by atoms with van der Waals surface area (Å²) in [5, 5.41) is 0. The van der Waals surface area contributed by atoms with Crippen molar-refractivity contribution in [3.8, 4) is 0 Å². The second-order valence-corrected chi connectivity index (χ2v) is 7.61. The van der Waals surface area contributed by atoms with Crippen molar-refractivity contribution in [2.75, 3.05) is 32.0 Å². The molecule has 9 nitrogen and oxygen atoms in total. The van der Waals surface area contributed by atoms with Crippen molar-refractivity contribution in [3.63, 3.8) is 0 Å². The molecule has 0 fully saturated rings. The molecule has 2 rings (SSSR count). The largest absolute Gasteiger partial charge is 0.468 e. The van der Waals surface area contributed by atoms with E-state index in [4.69, 9.17) is 0 Å². The van der Waals surface area contributed by atoms with Gasteiger partial charge in [-0.05, 0) is 30.3 Å². The first kappa shape index (κ1) is 22.8. The fraction of sp³-hybridized carbons (Fsp3) is 0.211. The van der Waals surface area contributed by atoms with Gasteiger partial charge < -0.3 is 14.4 Å². The molecular formula is C19H19FN2O7S. The fourth-order valence-corrected chi connectivity index (χ4v) is 3.48. The van der Waals surface area contributed by atoms with Gasteiger partial charge in [0, 0.05) is 5.56 Å². The lowest BCUT2D eigenvalue weighted by Crippen LogP contribution is -2.40. The molecular weight excluding hydrogens is 419 g/mol. The quantitative estimate of drug-likeness (QED) is 0.619. The summed E-state index contributed by atoms with van der Waals surface area (Å²) >= 11 is 0. The summed E-state index contributed by atoms with van der Waals surface area (Å²) in [5.74, 6) is -3.13. The van der Waals surface area contributed by atoms with Crippen molar-refractivity contribution < 1.29 is 36.7 Å². The van der Waals surface area contributed by atoms with Gasteiger partial charge in [0.25, 0.3) is 15.9 Å². The van der Waals surface area contributed by atoms with Crippen LogP contribution in [0, 0.1) is 5.82 Å². The molecule has 1 amide bonds. The van der Waals surface area contributed by atoms with E-state index in [0.29, 0.717) is 0 Å². The highest BCUT2D eigenvalue weighted by molar-refractivity contribution is 7.92. The number of methoxy groups -OCH3 is 2. The minimum Gasteiger partial charge on any atom is -0.468 e. The lowest BCUT2D eigenvalue weighted by Gasteiger charge is -2.20. The molecule has 0 unspecified atom stereocenters. The van der Waals surface area contributed by atoms with Crippen molar-refractivity contribution in [3.05, 3.63) is 59.9 Å². The second kappa shape index (κ2) is 9.83. The fourth-order valence-electron chi connectivity index (χ4n) is 2.37. The van der Waals surface area contributed by atoms with Crippen LogP contribution in [0.3, 0.4) is 0 Å². The molecule has 0 saturated carbocycles. The third-order valence-corrected chi connectivity index (χ3v) is 5.26. The van der Waals surface area contributed by atoms with E-state index in [-0.39, 0.29) is 16.1 Å². The molecule has 0 aromatic heterocycles. The van der Waals surface area contributed by atoms with Gasteiger partial charge in [0.05, 0.1) is 24.8 Å². The monoisotopic (exact) mass is 438 g/mol. The molecule has 0 saturated heterocycles. The first-order valence-electron chi connectivity index (χ1n) is 8.48. The zero-order chi connectivity index (χ0) is 22.3. The average Bonchev–Trinajstić information content (AvgIpc) is 2.74. The van der Waals surface area contributed by atoms with Crippen LogP contribution in [0.2, 0.25) is 0 Å². The Balaban J connectivity index is 2.33. The predicted molar refractivity (Wildman–Crippen MR) is 104 cm³/mol. The standard InChI is InChI=1S/C19H19FN2O7S/c1-28-17(23)11-22(12-18(24)29-2)19(25)13-6-5-7-14(10-13)30(26,27)21-16-9-4-3-8-15(16)20/h3-10,21H,11-12H2,1-2H3. The van der Waals surface area contributed by atoms with Crippen LogP contribution < -0.4 is 4.72 Å². The van der Waals surface area contributed by atoms with Crippen LogP contribution in [0.15, 0.2) is 53.4 Å². The molecule has 0 aliphatic carbocycles. The van der Waals surface area contributed by atoms with E-state index in [2.05, 4.69) is 14.2 Å². The molecule has 0 heterocycles. The number of nitrogens with one attached hydrogen (secondary N) is 1. The number of halogens is 1. The second-order valence-electron chi connectivity index (χ2n) is 5.93. The Kier molecular flexibility index (Phi) is 7.48. The molecule has 2 aromatic rings. The summed E-state index contributed by atoms with van der Waals surface area (Å²) in [4.78, 5) is 36.5. The number of sulfonamides is 1. The molecule has 0 spiro atoms. The van der Waals surface area contributed by atoms with E-state index >= 15 is 0 Å². The molecule has 0 atom stereocenters. The molecule has 1 N–H and O–H groups in total. The van der Waals surface area contributed by atoms with Gasteiger partial charge in [-0.2, -0.15) is 0 Å². The van der Waals surface area contributed by atoms with Crippen molar-refractivity contribution >= 4 is 33.6 Å². The van der Waals surface area contributed by atoms with Crippen molar-refractivity contribution in [2.45, 2.75) is 4.90 Å². The lowest BCUT2D eigenvalue weighted by atomic mass is 10.2. The number of esters is 2. The average molecular weight is 438 g/mol. The predicted octanol–water partition coefficient (Wildman–Crippen LogP) is 1.41. The number of carbonyl (C=O) groups is 3. The van der Waals surface area contributed by atoms with Gasteiger partial charge in [-0.25, -0.2) is 12.8 Å². The molecule has 30 heavy (non-hydrogen) atoms. The van der Waals surface area contributed by atoms with Crippen LogP contribution in [-0.2, 0) is 29.1 Å². The van der Waals surface area contributed by atoms with Crippen molar-refractivity contribution in [1.82, 2.24) is 4.90 Å². The number of amides is 1. The van der Waals surface area contributed by atoms with E-state index in [1.807, 2.05) is 0 Å². The first-order chi connectivity index (χ1) is 14.2. The molecule has 0 radical (unpaired) electrons. The van der Waals surface area contributed by atoms with Gasteiger partial charge in [0.2, 0.25) is 0 Å². The molecule has 11 heteroatoms. The highest BCUT2D eigenvalue weighted by Gasteiger charge is 2.24. The number of para-hydroxylation sites is 1. The Labute approximate surface area is 172 Å². The Morgan fingerprint density at radius 1 is 0.967 bits per heavy atom. The molecule has 0 aliphatic rings. The normalized spacial score (nSPS) is 10.8. The highest BCUT2D eigenvalue weighted by Crippen LogP contribution is 2.20. The van der Waals surface area contributed by atoms with E-state index < -0.39 is 46.8 Å². The molecule has 0 aliphatic heterocycles. The molecule has 160 valence electrons. The van der Waals surface area contributed by atoms with Gasteiger partial charge in [0.15, 0.2) is 0 Å². The minimum atomic E-state index is -4.22. The van der Waals surface area contributed by atoms with E-state index in [0.717, 1.165) is 31.3 Å². The van der Waals surface area contributed by atoms with E-state index in [9.17, 15) is 27.2 Å². The number of ether oxygens (including phenoxy) is 2. The maximum absolute atomic E-state index is 13.8. The van der Waals surface area contributed by atoms with E-state index in [1.165, 1.54) is 36.4 Å². The van der Waals surface area contributed by atoms with Crippen LogP contribution in [-0.4, -0.2) is 58.5 Å². The van der Waals surface area contributed by atoms with Gasteiger partial charge in [0.1, 0.15) is 18.9 Å². The number of anilines is 1. The minimum absolute atomic E-state index is 0.112. The zero-order valence-corrected chi connectivity index (χ0v) is 16.9. The molecule has 0 bridgehead atoms. The number of nitrogens with zero attached hydrogens (tertiary/aromatic N) is 1. The summed E-state index contributed by atoms with van der Waals surface area (Å²) < 4.78 is 50.1. The van der Waals surface area contributed by atoms with Crippen LogP contribution in [0.1, 0.15) is 10.4 Å². The molecule has 2 aromatic carbocycles. The van der Waals surface area contributed by atoms with Crippen LogP contribution in [0.25, 0.3) is 0 Å². The summed E-state index contributed by atoms with van der Waals surface area (Å²) in [6.07, 6.45) is 0. The van der Waals surface area contributed by atoms with E-state index in [1.54, 1.807) is 0 Å². The van der Waals surface area contributed by atoms with Crippen molar-refractivity contribution in [2.24, 2.45) is 0 Å². The first-order valence-corrected chi connectivity index (χ1v) is 9.96. The SMILES string of the molecule is COC(=O)CN(CC(=O)OC)C(=O)c1cccc(S(=O)(=O)Nc2ccccc2F)c1. The smallest absolute Gasteiger partial charge is 0.325 e.